The molecular formula is C17H22ClFN2O3. The Kier molecular flexibility index (Phi) is 5.69. The zero-order valence-corrected chi connectivity index (χ0v) is 14.2. The van der Waals surface area contributed by atoms with Crippen molar-refractivity contribution in [1.29, 1.82) is 0 Å². The van der Waals surface area contributed by atoms with Gasteiger partial charge in [-0.3, -0.25) is 9.78 Å². The van der Waals surface area contributed by atoms with E-state index in [-0.39, 0.29) is 16.6 Å². The molecule has 2 saturated heterocycles. The highest BCUT2D eigenvalue weighted by Crippen LogP contribution is 2.35. The Bertz CT molecular complexity index is 595. The normalized spacial score (nSPS) is 23.5. The van der Waals surface area contributed by atoms with Gasteiger partial charge in [0, 0.05) is 26.0 Å². The zero-order chi connectivity index (χ0) is 17.1. The molecule has 0 aliphatic carbocycles. The molecule has 2 unspecified atom stereocenters. The Morgan fingerprint density at radius 2 is 2.21 bits per heavy atom. The summed E-state index contributed by atoms with van der Waals surface area (Å²) in [4.78, 5) is 18.3. The number of carbonyl (C=O) groups is 1. The second kappa shape index (κ2) is 7.76. The predicted octanol–water partition coefficient (Wildman–Crippen LogP) is 2.72. The maximum absolute atomic E-state index is 14.3. The first-order valence-electron chi connectivity index (χ1n) is 8.44. The number of amides is 1. The summed E-state index contributed by atoms with van der Waals surface area (Å²) >= 11 is 5.83. The number of nitrogens with zero attached hydrogens (tertiary/aromatic N) is 2. The zero-order valence-electron chi connectivity index (χ0n) is 13.5. The number of carbonyl (C=O) groups excluding carboxylic acids is 1. The molecule has 0 bridgehead atoms. The van der Waals surface area contributed by atoms with Gasteiger partial charge < -0.3 is 14.7 Å². The Labute approximate surface area is 145 Å². The molecular weight excluding hydrogens is 335 g/mol. The van der Waals surface area contributed by atoms with E-state index in [0.717, 1.165) is 19.3 Å². The van der Waals surface area contributed by atoms with Crippen LogP contribution in [0.5, 0.6) is 0 Å². The van der Waals surface area contributed by atoms with Crippen molar-refractivity contribution in [2.24, 2.45) is 5.92 Å². The standard InChI is InChI=1S/C17H22ClFN2O3/c18-12-3-6-20-16(15(12)19)13-2-1-7-21(13)17(23)14(22)10-11-4-8-24-9-5-11/h3,6,11,13-14,22H,1-2,4-5,7-10H2. The van der Waals surface area contributed by atoms with Gasteiger partial charge in [0.1, 0.15) is 11.8 Å². The third kappa shape index (κ3) is 3.71. The minimum absolute atomic E-state index is 0.00190. The van der Waals surface area contributed by atoms with E-state index in [1.165, 1.54) is 12.3 Å². The van der Waals surface area contributed by atoms with Crippen molar-refractivity contribution in [1.82, 2.24) is 9.88 Å². The SMILES string of the molecule is O=C(C(O)CC1CCOCC1)N1CCCC1c1nccc(Cl)c1F. The second-order valence-corrected chi connectivity index (χ2v) is 6.90. The number of halogens is 2. The molecule has 2 atom stereocenters. The number of hydrogen-bond donors (Lipinski definition) is 1. The van der Waals surface area contributed by atoms with Gasteiger partial charge in [0.2, 0.25) is 0 Å². The molecule has 5 nitrogen and oxygen atoms in total. The molecule has 0 radical (unpaired) electrons. The van der Waals surface area contributed by atoms with Crippen LogP contribution in [0.25, 0.3) is 0 Å². The molecule has 2 aliphatic rings. The molecule has 0 aromatic carbocycles. The summed E-state index contributed by atoms with van der Waals surface area (Å²) in [6, 6.07) is 0.933. The van der Waals surface area contributed by atoms with Crippen LogP contribution in [0.2, 0.25) is 5.02 Å². The number of likely N-dealkylation sites (tertiary alicyclic amines) is 1. The number of aromatic nitrogens is 1. The van der Waals surface area contributed by atoms with Crippen LogP contribution >= 0.6 is 11.6 Å². The van der Waals surface area contributed by atoms with E-state index in [9.17, 15) is 14.3 Å². The molecule has 3 rings (SSSR count). The van der Waals surface area contributed by atoms with Gasteiger partial charge in [-0.05, 0) is 44.1 Å². The van der Waals surface area contributed by atoms with Crippen molar-refractivity contribution >= 4 is 17.5 Å². The monoisotopic (exact) mass is 356 g/mol. The summed E-state index contributed by atoms with van der Waals surface area (Å²) in [5.41, 5.74) is 0.187. The molecule has 1 amide bonds. The van der Waals surface area contributed by atoms with Gasteiger partial charge in [0.05, 0.1) is 11.1 Å². The van der Waals surface area contributed by atoms with Crippen LogP contribution in [-0.4, -0.2) is 46.8 Å². The molecule has 1 N–H and O–H groups in total. The summed E-state index contributed by atoms with van der Waals surface area (Å²) in [5.74, 6) is -0.632. The van der Waals surface area contributed by atoms with Crippen molar-refractivity contribution < 1.29 is 19.0 Å². The lowest BCUT2D eigenvalue weighted by atomic mass is 9.93. The summed E-state index contributed by atoms with van der Waals surface area (Å²) in [6.45, 7) is 1.85. The van der Waals surface area contributed by atoms with Crippen molar-refractivity contribution in [3.8, 4) is 0 Å². The molecule has 1 aromatic heterocycles. The van der Waals surface area contributed by atoms with E-state index in [4.69, 9.17) is 16.3 Å². The van der Waals surface area contributed by atoms with E-state index in [1.807, 2.05) is 0 Å². The van der Waals surface area contributed by atoms with Crippen LogP contribution in [0.3, 0.4) is 0 Å². The average Bonchev–Trinajstić information content (AvgIpc) is 3.07. The molecule has 2 fully saturated rings. The van der Waals surface area contributed by atoms with Crippen LogP contribution in [0.1, 0.15) is 43.8 Å². The first-order chi connectivity index (χ1) is 11.6. The Morgan fingerprint density at radius 3 is 2.96 bits per heavy atom. The highest BCUT2D eigenvalue weighted by atomic mass is 35.5. The second-order valence-electron chi connectivity index (χ2n) is 6.49. The number of aliphatic hydroxyl groups is 1. The van der Waals surface area contributed by atoms with Gasteiger partial charge in [-0.1, -0.05) is 11.6 Å². The molecule has 1 aromatic rings. The lowest BCUT2D eigenvalue weighted by Gasteiger charge is -2.29. The third-order valence-corrected chi connectivity index (χ3v) is 5.19. The average molecular weight is 357 g/mol. The molecule has 2 aliphatic heterocycles. The number of hydrogen-bond acceptors (Lipinski definition) is 4. The maximum Gasteiger partial charge on any atom is 0.251 e. The first-order valence-corrected chi connectivity index (χ1v) is 8.82. The van der Waals surface area contributed by atoms with E-state index >= 15 is 0 Å². The summed E-state index contributed by atoms with van der Waals surface area (Å²) in [7, 11) is 0. The molecule has 132 valence electrons. The van der Waals surface area contributed by atoms with Crippen LogP contribution in [0.4, 0.5) is 4.39 Å². The van der Waals surface area contributed by atoms with Gasteiger partial charge in [-0.2, -0.15) is 0 Å². The van der Waals surface area contributed by atoms with Crippen LogP contribution < -0.4 is 0 Å². The molecule has 0 spiro atoms. The lowest BCUT2D eigenvalue weighted by Crippen LogP contribution is -2.40. The van der Waals surface area contributed by atoms with Crippen LogP contribution in [0, 0.1) is 11.7 Å². The van der Waals surface area contributed by atoms with E-state index in [2.05, 4.69) is 4.98 Å². The maximum atomic E-state index is 14.3. The third-order valence-electron chi connectivity index (χ3n) is 4.90. The van der Waals surface area contributed by atoms with E-state index in [0.29, 0.717) is 38.5 Å². The minimum Gasteiger partial charge on any atom is -0.383 e. The molecule has 3 heterocycles. The largest absolute Gasteiger partial charge is 0.383 e. The van der Waals surface area contributed by atoms with E-state index in [1.54, 1.807) is 4.90 Å². The van der Waals surface area contributed by atoms with Crippen molar-refractivity contribution in [2.45, 2.75) is 44.2 Å². The minimum atomic E-state index is -1.06. The quantitative estimate of drug-likeness (QED) is 0.901. The van der Waals surface area contributed by atoms with Gasteiger partial charge in [0.15, 0.2) is 5.82 Å². The highest BCUT2D eigenvalue weighted by Gasteiger charge is 2.36. The fraction of sp³-hybridized carbons (Fsp3) is 0.647. The van der Waals surface area contributed by atoms with Gasteiger partial charge >= 0.3 is 0 Å². The fourth-order valence-corrected chi connectivity index (χ4v) is 3.73. The molecule has 7 heteroatoms. The lowest BCUT2D eigenvalue weighted by molar-refractivity contribution is -0.142. The van der Waals surface area contributed by atoms with Gasteiger partial charge in [-0.15, -0.1) is 0 Å². The summed E-state index contributed by atoms with van der Waals surface area (Å²) in [5, 5.41) is 10.3. The van der Waals surface area contributed by atoms with Gasteiger partial charge in [-0.25, -0.2) is 4.39 Å². The van der Waals surface area contributed by atoms with Crippen molar-refractivity contribution in [2.75, 3.05) is 19.8 Å². The molecule has 0 saturated carbocycles. The molecule has 24 heavy (non-hydrogen) atoms. The Balaban J connectivity index is 1.70. The van der Waals surface area contributed by atoms with Crippen LogP contribution in [-0.2, 0) is 9.53 Å². The van der Waals surface area contributed by atoms with Crippen LogP contribution in [0.15, 0.2) is 12.3 Å². The summed E-state index contributed by atoms with van der Waals surface area (Å²) < 4.78 is 19.6. The predicted molar refractivity (Wildman–Crippen MR) is 87.1 cm³/mol. The van der Waals surface area contributed by atoms with Gasteiger partial charge in [0.25, 0.3) is 5.91 Å². The highest BCUT2D eigenvalue weighted by molar-refractivity contribution is 6.30. The van der Waals surface area contributed by atoms with Crippen molar-refractivity contribution in [3.63, 3.8) is 0 Å². The van der Waals surface area contributed by atoms with E-state index < -0.39 is 18.0 Å². The fourth-order valence-electron chi connectivity index (χ4n) is 3.57. The first kappa shape index (κ1) is 17.6. The number of rotatable bonds is 4. The number of ether oxygens (including phenoxy) is 1. The summed E-state index contributed by atoms with van der Waals surface area (Å²) in [6.07, 6.45) is 3.91. The van der Waals surface area contributed by atoms with Crippen molar-refractivity contribution in [3.05, 3.63) is 28.8 Å². The smallest absolute Gasteiger partial charge is 0.251 e. The Hall–Kier alpha value is -1.24. The Morgan fingerprint density at radius 1 is 1.46 bits per heavy atom. The number of aliphatic hydroxyl groups excluding tert-OH is 1. The topological polar surface area (TPSA) is 62.7 Å². The number of pyridine rings is 1.